The van der Waals surface area contributed by atoms with Crippen molar-refractivity contribution >= 4 is 40.2 Å². The lowest BCUT2D eigenvalue weighted by molar-refractivity contribution is 0.0726. The van der Waals surface area contributed by atoms with E-state index in [1.54, 1.807) is 19.2 Å². The van der Waals surface area contributed by atoms with Gasteiger partial charge >= 0.3 is 0 Å². The molecule has 0 radical (unpaired) electrons. The molecule has 0 fully saturated rings. The number of thiophene rings is 1. The first-order valence-corrected chi connectivity index (χ1v) is 10.9. The average molecular weight is 437 g/mol. The molecule has 148 valence electrons. The summed E-state index contributed by atoms with van der Waals surface area (Å²) >= 11 is 8.86. The van der Waals surface area contributed by atoms with Crippen molar-refractivity contribution in [2.45, 2.75) is 19.6 Å². The van der Waals surface area contributed by atoms with Gasteiger partial charge in [-0.25, -0.2) is 4.98 Å². The van der Waals surface area contributed by atoms with Gasteiger partial charge in [-0.15, -0.1) is 22.7 Å². The molecular formula is C20H21ClN2O3S2. The van der Waals surface area contributed by atoms with Gasteiger partial charge in [-0.05, 0) is 42.1 Å². The predicted octanol–water partition coefficient (Wildman–Crippen LogP) is 5.12. The molecule has 8 heteroatoms. The van der Waals surface area contributed by atoms with Crippen LogP contribution in [0.25, 0.3) is 0 Å². The van der Waals surface area contributed by atoms with Crippen LogP contribution in [0.1, 0.15) is 26.8 Å². The summed E-state index contributed by atoms with van der Waals surface area (Å²) in [6.45, 7) is 2.09. The molecule has 3 rings (SSSR count). The minimum atomic E-state index is 0.0260. The van der Waals surface area contributed by atoms with Crippen molar-refractivity contribution in [2.75, 3.05) is 20.3 Å². The number of nitrogens with zero attached hydrogens (tertiary/aromatic N) is 2. The van der Waals surface area contributed by atoms with E-state index in [1.165, 1.54) is 22.7 Å². The van der Waals surface area contributed by atoms with Gasteiger partial charge < -0.3 is 14.4 Å². The number of thiazole rings is 1. The zero-order chi connectivity index (χ0) is 19.8. The van der Waals surface area contributed by atoms with Gasteiger partial charge in [0.25, 0.3) is 5.91 Å². The van der Waals surface area contributed by atoms with Gasteiger partial charge in [-0.2, -0.15) is 0 Å². The number of hydrogen-bond acceptors (Lipinski definition) is 6. The topological polar surface area (TPSA) is 51.7 Å². The minimum Gasteiger partial charge on any atom is -0.486 e. The highest BCUT2D eigenvalue weighted by Crippen LogP contribution is 2.20. The van der Waals surface area contributed by atoms with Crippen molar-refractivity contribution in [2.24, 2.45) is 0 Å². The molecule has 0 aliphatic carbocycles. The third-order valence-corrected chi connectivity index (χ3v) is 5.90. The van der Waals surface area contributed by atoms with Gasteiger partial charge in [0.1, 0.15) is 17.4 Å². The Morgan fingerprint density at radius 1 is 1.21 bits per heavy atom. The monoisotopic (exact) mass is 436 g/mol. The summed E-state index contributed by atoms with van der Waals surface area (Å²) < 4.78 is 10.9. The summed E-state index contributed by atoms with van der Waals surface area (Å²) in [5.41, 5.74) is 0.863. The molecule has 2 heterocycles. The van der Waals surface area contributed by atoms with Crippen LogP contribution in [0.4, 0.5) is 0 Å². The molecule has 0 aliphatic heterocycles. The Morgan fingerprint density at radius 3 is 2.75 bits per heavy atom. The van der Waals surface area contributed by atoms with Crippen LogP contribution in [0.15, 0.2) is 47.2 Å². The summed E-state index contributed by atoms with van der Waals surface area (Å²) in [4.78, 5) is 20.0. The molecule has 2 aromatic heterocycles. The maximum Gasteiger partial charge on any atom is 0.264 e. The second-order valence-electron chi connectivity index (χ2n) is 6.03. The van der Waals surface area contributed by atoms with E-state index in [1.807, 2.05) is 39.9 Å². The third-order valence-electron chi connectivity index (χ3n) is 3.92. The number of halogens is 1. The molecule has 0 saturated carbocycles. The Hall–Kier alpha value is -1.93. The molecule has 0 bridgehead atoms. The Balaban J connectivity index is 1.60. The number of aromatic nitrogens is 1. The van der Waals surface area contributed by atoms with E-state index >= 15 is 0 Å². The zero-order valence-electron chi connectivity index (χ0n) is 15.5. The van der Waals surface area contributed by atoms with Crippen LogP contribution in [-0.2, 0) is 17.9 Å². The predicted molar refractivity (Wildman–Crippen MR) is 113 cm³/mol. The second-order valence-corrected chi connectivity index (χ2v) is 8.35. The lowest BCUT2D eigenvalue weighted by atomic mass is 10.3. The smallest absolute Gasteiger partial charge is 0.264 e. The molecule has 0 saturated heterocycles. The van der Waals surface area contributed by atoms with E-state index in [4.69, 9.17) is 21.1 Å². The van der Waals surface area contributed by atoms with E-state index in [0.29, 0.717) is 31.3 Å². The van der Waals surface area contributed by atoms with Crippen molar-refractivity contribution in [1.29, 1.82) is 0 Å². The van der Waals surface area contributed by atoms with Crippen LogP contribution in [0.3, 0.4) is 0 Å². The van der Waals surface area contributed by atoms with E-state index in [9.17, 15) is 4.79 Å². The SMILES string of the molecule is COCCCN(Cc1csc(COc2ccc(Cl)cc2)n1)C(=O)c1cccs1. The highest BCUT2D eigenvalue weighted by Gasteiger charge is 2.18. The number of hydrogen-bond donors (Lipinski definition) is 0. The molecule has 0 aliphatic rings. The highest BCUT2D eigenvalue weighted by atomic mass is 35.5. The molecule has 3 aromatic rings. The van der Waals surface area contributed by atoms with Crippen molar-refractivity contribution in [3.8, 4) is 5.75 Å². The van der Waals surface area contributed by atoms with Crippen LogP contribution < -0.4 is 4.74 Å². The van der Waals surface area contributed by atoms with Crippen molar-refractivity contribution in [3.63, 3.8) is 0 Å². The number of carbonyl (C=O) groups excluding carboxylic acids is 1. The molecule has 28 heavy (non-hydrogen) atoms. The van der Waals surface area contributed by atoms with Crippen LogP contribution >= 0.6 is 34.3 Å². The van der Waals surface area contributed by atoms with Crippen LogP contribution in [0, 0.1) is 0 Å². The van der Waals surface area contributed by atoms with Crippen LogP contribution in [0.5, 0.6) is 5.75 Å². The summed E-state index contributed by atoms with van der Waals surface area (Å²) in [7, 11) is 1.67. The molecule has 0 unspecified atom stereocenters. The molecule has 0 spiro atoms. The fraction of sp³-hybridized carbons (Fsp3) is 0.300. The minimum absolute atomic E-state index is 0.0260. The van der Waals surface area contributed by atoms with E-state index in [0.717, 1.165) is 27.7 Å². The lowest BCUT2D eigenvalue weighted by Gasteiger charge is -2.21. The van der Waals surface area contributed by atoms with Gasteiger partial charge in [0, 0.05) is 30.7 Å². The zero-order valence-corrected chi connectivity index (χ0v) is 17.9. The number of rotatable bonds is 10. The van der Waals surface area contributed by atoms with Crippen molar-refractivity contribution in [1.82, 2.24) is 9.88 Å². The fourth-order valence-corrected chi connectivity index (χ4v) is 4.08. The van der Waals surface area contributed by atoms with E-state index < -0.39 is 0 Å². The summed E-state index contributed by atoms with van der Waals surface area (Å²) in [6, 6.07) is 11.0. The third kappa shape index (κ3) is 6.04. The van der Waals surface area contributed by atoms with Gasteiger partial charge in [0.15, 0.2) is 0 Å². The number of ether oxygens (including phenoxy) is 2. The molecule has 1 amide bonds. The highest BCUT2D eigenvalue weighted by molar-refractivity contribution is 7.12. The Labute approximate surface area is 177 Å². The van der Waals surface area contributed by atoms with E-state index in [-0.39, 0.29) is 5.91 Å². The van der Waals surface area contributed by atoms with Gasteiger partial charge in [0.05, 0.1) is 17.1 Å². The summed E-state index contributed by atoms with van der Waals surface area (Å²) in [6.07, 6.45) is 0.782. The summed E-state index contributed by atoms with van der Waals surface area (Å²) in [5.74, 6) is 0.772. The molecule has 0 atom stereocenters. The molecule has 1 aromatic carbocycles. The maximum atomic E-state index is 12.8. The van der Waals surface area contributed by atoms with Crippen LogP contribution in [0.2, 0.25) is 5.02 Å². The standard InChI is InChI=1S/C20H21ClN2O3S2/c1-25-10-3-9-23(20(24)18-4-2-11-27-18)12-16-14-28-19(22-16)13-26-17-7-5-15(21)6-8-17/h2,4-8,11,14H,3,9-10,12-13H2,1H3. The number of benzene rings is 1. The fourth-order valence-electron chi connectivity index (χ4n) is 2.57. The van der Waals surface area contributed by atoms with Gasteiger partial charge in [0.2, 0.25) is 0 Å². The molecule has 5 nitrogen and oxygen atoms in total. The largest absolute Gasteiger partial charge is 0.486 e. The van der Waals surface area contributed by atoms with Crippen molar-refractivity contribution in [3.05, 3.63) is 67.8 Å². The first-order valence-electron chi connectivity index (χ1n) is 8.79. The second kappa shape index (κ2) is 10.6. The molecular weight excluding hydrogens is 416 g/mol. The van der Waals surface area contributed by atoms with Crippen LogP contribution in [-0.4, -0.2) is 36.1 Å². The normalized spacial score (nSPS) is 10.8. The first kappa shape index (κ1) is 20.8. The number of amides is 1. The number of methoxy groups -OCH3 is 1. The Bertz CT molecular complexity index is 866. The van der Waals surface area contributed by atoms with Gasteiger partial charge in [-0.1, -0.05) is 17.7 Å². The number of carbonyl (C=O) groups is 1. The molecule has 0 N–H and O–H groups in total. The Morgan fingerprint density at radius 2 is 2.04 bits per heavy atom. The lowest BCUT2D eigenvalue weighted by Crippen LogP contribution is -2.31. The maximum absolute atomic E-state index is 12.8. The van der Waals surface area contributed by atoms with Gasteiger partial charge in [-0.3, -0.25) is 4.79 Å². The summed E-state index contributed by atoms with van der Waals surface area (Å²) in [5, 5.41) is 5.43. The first-order chi connectivity index (χ1) is 13.7. The Kier molecular flexibility index (Phi) is 7.85. The van der Waals surface area contributed by atoms with Crippen molar-refractivity contribution < 1.29 is 14.3 Å². The quantitative estimate of drug-likeness (QED) is 0.414. The average Bonchev–Trinajstić information content (AvgIpc) is 3.39. The van der Waals surface area contributed by atoms with E-state index in [2.05, 4.69) is 4.98 Å².